The van der Waals surface area contributed by atoms with Crippen LogP contribution in [0.2, 0.25) is 0 Å². The van der Waals surface area contributed by atoms with E-state index in [-0.39, 0.29) is 5.91 Å². The van der Waals surface area contributed by atoms with Gasteiger partial charge in [-0.2, -0.15) is 0 Å². The van der Waals surface area contributed by atoms with Gasteiger partial charge in [0.2, 0.25) is 5.91 Å². The molecule has 0 radical (unpaired) electrons. The Morgan fingerprint density at radius 1 is 1.29 bits per heavy atom. The maximum atomic E-state index is 11.9. The molecule has 0 aliphatic carbocycles. The minimum absolute atomic E-state index is 0.260. The van der Waals surface area contributed by atoms with Crippen LogP contribution in [-0.4, -0.2) is 30.4 Å². The van der Waals surface area contributed by atoms with Crippen molar-refractivity contribution < 1.29 is 4.79 Å². The average Bonchev–Trinajstić information content (AvgIpc) is 2.50. The van der Waals surface area contributed by atoms with Gasteiger partial charge >= 0.3 is 0 Å². The van der Waals surface area contributed by atoms with Crippen LogP contribution >= 0.6 is 0 Å². The first-order chi connectivity index (χ1) is 8.16. The van der Waals surface area contributed by atoms with Crippen LogP contribution in [0.3, 0.4) is 0 Å². The quantitative estimate of drug-likeness (QED) is 0.840. The summed E-state index contributed by atoms with van der Waals surface area (Å²) in [6.45, 7) is 7.46. The topological polar surface area (TPSA) is 32.3 Å². The van der Waals surface area contributed by atoms with E-state index in [0.717, 1.165) is 26.2 Å². The fourth-order valence-corrected chi connectivity index (χ4v) is 2.16. The molecule has 0 bridgehead atoms. The van der Waals surface area contributed by atoms with Crippen LogP contribution in [0.25, 0.3) is 0 Å². The van der Waals surface area contributed by atoms with Gasteiger partial charge in [-0.15, -0.1) is 0 Å². The third-order valence-corrected chi connectivity index (χ3v) is 3.29. The van der Waals surface area contributed by atoms with E-state index in [1.165, 1.54) is 16.7 Å². The number of amides is 1. The highest BCUT2D eigenvalue weighted by atomic mass is 16.2. The summed E-state index contributed by atoms with van der Waals surface area (Å²) in [5, 5.41) is 3.26. The van der Waals surface area contributed by atoms with Crippen molar-refractivity contribution in [3.63, 3.8) is 0 Å². The number of hydrogen-bond donors (Lipinski definition) is 1. The Balaban J connectivity index is 2.13. The molecule has 17 heavy (non-hydrogen) atoms. The number of hydrogen-bond acceptors (Lipinski definition) is 2. The lowest BCUT2D eigenvalue weighted by molar-refractivity contribution is -0.130. The molecule has 0 saturated carbocycles. The van der Waals surface area contributed by atoms with Crippen molar-refractivity contribution in [2.75, 3.05) is 19.6 Å². The van der Waals surface area contributed by atoms with Crippen molar-refractivity contribution in [2.24, 2.45) is 0 Å². The summed E-state index contributed by atoms with van der Waals surface area (Å²) >= 11 is 0. The van der Waals surface area contributed by atoms with Gasteiger partial charge in [0.15, 0.2) is 0 Å². The molecule has 0 aromatic heterocycles. The Hall–Kier alpha value is -1.35. The average molecular weight is 232 g/mol. The van der Waals surface area contributed by atoms with Crippen molar-refractivity contribution >= 4 is 5.91 Å². The number of nitrogens with one attached hydrogen (secondary N) is 1. The van der Waals surface area contributed by atoms with Crippen LogP contribution < -0.4 is 5.32 Å². The molecule has 1 aliphatic rings. The lowest BCUT2D eigenvalue weighted by Gasteiger charge is -2.21. The second-order valence-corrected chi connectivity index (χ2v) is 4.75. The number of benzene rings is 1. The molecular formula is C14H20N2O. The van der Waals surface area contributed by atoms with Crippen molar-refractivity contribution in [1.82, 2.24) is 10.2 Å². The Bertz CT molecular complexity index is 415. The molecule has 1 aromatic carbocycles. The van der Waals surface area contributed by atoms with Crippen molar-refractivity contribution in [2.45, 2.75) is 26.8 Å². The molecule has 1 N–H and O–H groups in total. The number of rotatable bonds is 2. The zero-order valence-electron chi connectivity index (χ0n) is 10.6. The lowest BCUT2D eigenvalue weighted by atomic mass is 10.1. The maximum absolute atomic E-state index is 11.9. The second kappa shape index (κ2) is 5.32. The van der Waals surface area contributed by atoms with Crippen molar-refractivity contribution in [3.8, 4) is 0 Å². The molecule has 0 unspecified atom stereocenters. The molecule has 1 aromatic rings. The molecule has 3 nitrogen and oxygen atoms in total. The van der Waals surface area contributed by atoms with E-state index in [1.54, 1.807) is 0 Å². The number of carbonyl (C=O) groups is 1. The molecule has 0 spiro atoms. The Kier molecular flexibility index (Phi) is 3.79. The van der Waals surface area contributed by atoms with Gasteiger partial charge < -0.3 is 10.2 Å². The van der Waals surface area contributed by atoms with Crippen molar-refractivity contribution in [1.29, 1.82) is 0 Å². The maximum Gasteiger partial charge on any atom is 0.224 e. The molecule has 1 amide bonds. The van der Waals surface area contributed by atoms with Crippen LogP contribution in [0.1, 0.15) is 23.1 Å². The van der Waals surface area contributed by atoms with Crippen LogP contribution in [0.4, 0.5) is 0 Å². The number of nitrogens with zero attached hydrogens (tertiary/aromatic N) is 1. The van der Waals surface area contributed by atoms with Crippen LogP contribution in [0, 0.1) is 13.8 Å². The summed E-state index contributed by atoms with van der Waals surface area (Å²) in [4.78, 5) is 13.9. The van der Waals surface area contributed by atoms with Gasteiger partial charge in [-0.25, -0.2) is 0 Å². The Morgan fingerprint density at radius 2 is 2.12 bits per heavy atom. The highest BCUT2D eigenvalue weighted by Crippen LogP contribution is 2.14. The molecule has 2 rings (SSSR count). The molecule has 1 aliphatic heterocycles. The van der Waals surface area contributed by atoms with Crippen LogP contribution in [0.5, 0.6) is 0 Å². The van der Waals surface area contributed by atoms with Crippen LogP contribution in [-0.2, 0) is 11.3 Å². The first kappa shape index (κ1) is 12.1. The summed E-state index contributed by atoms with van der Waals surface area (Å²) in [6.07, 6.45) is 0.616. The van der Waals surface area contributed by atoms with E-state index in [2.05, 4.69) is 37.4 Å². The standard InChI is InChI=1S/C14H20N2O/c1-11-3-4-12(2)13(9-11)10-16-8-7-15-6-5-14(16)17/h3-4,9,15H,5-8,10H2,1-2H3. The molecule has 1 fully saturated rings. The second-order valence-electron chi connectivity index (χ2n) is 4.75. The van der Waals surface area contributed by atoms with Crippen LogP contribution in [0.15, 0.2) is 18.2 Å². The SMILES string of the molecule is Cc1ccc(C)c(CN2CCNCCC2=O)c1. The van der Waals surface area contributed by atoms with E-state index in [1.807, 2.05) is 4.90 Å². The zero-order valence-corrected chi connectivity index (χ0v) is 10.6. The van der Waals surface area contributed by atoms with E-state index in [0.29, 0.717) is 6.42 Å². The first-order valence-corrected chi connectivity index (χ1v) is 6.21. The largest absolute Gasteiger partial charge is 0.337 e. The van der Waals surface area contributed by atoms with Gasteiger partial charge in [0.25, 0.3) is 0 Å². The van der Waals surface area contributed by atoms with Gasteiger partial charge in [-0.1, -0.05) is 23.8 Å². The third-order valence-electron chi connectivity index (χ3n) is 3.29. The third kappa shape index (κ3) is 3.07. The molecule has 92 valence electrons. The summed E-state index contributed by atoms with van der Waals surface area (Å²) in [6, 6.07) is 6.43. The zero-order chi connectivity index (χ0) is 12.3. The predicted octanol–water partition coefficient (Wildman–Crippen LogP) is 1.63. The van der Waals surface area contributed by atoms with Gasteiger partial charge in [-0.05, 0) is 25.0 Å². The fourth-order valence-electron chi connectivity index (χ4n) is 2.16. The number of aryl methyl sites for hydroxylation is 2. The van der Waals surface area contributed by atoms with Gasteiger partial charge in [0, 0.05) is 32.6 Å². The summed E-state index contributed by atoms with van der Waals surface area (Å²) in [5.74, 6) is 0.260. The van der Waals surface area contributed by atoms with E-state index in [4.69, 9.17) is 0 Å². The van der Waals surface area contributed by atoms with Crippen molar-refractivity contribution in [3.05, 3.63) is 34.9 Å². The first-order valence-electron chi connectivity index (χ1n) is 6.21. The summed E-state index contributed by atoms with van der Waals surface area (Å²) in [5.41, 5.74) is 3.78. The smallest absolute Gasteiger partial charge is 0.224 e. The minimum Gasteiger partial charge on any atom is -0.337 e. The van der Waals surface area contributed by atoms with Gasteiger partial charge in [0.1, 0.15) is 0 Å². The highest BCUT2D eigenvalue weighted by Gasteiger charge is 2.16. The van der Waals surface area contributed by atoms with Gasteiger partial charge in [0.05, 0.1) is 0 Å². The Labute approximate surface area is 103 Å². The fraction of sp³-hybridized carbons (Fsp3) is 0.500. The molecule has 1 heterocycles. The molecule has 1 saturated heterocycles. The molecular weight excluding hydrogens is 212 g/mol. The van der Waals surface area contributed by atoms with E-state index in [9.17, 15) is 4.79 Å². The molecule has 0 atom stereocenters. The van der Waals surface area contributed by atoms with Gasteiger partial charge in [-0.3, -0.25) is 4.79 Å². The highest BCUT2D eigenvalue weighted by molar-refractivity contribution is 5.76. The Morgan fingerprint density at radius 3 is 2.94 bits per heavy atom. The predicted molar refractivity (Wildman–Crippen MR) is 68.8 cm³/mol. The monoisotopic (exact) mass is 232 g/mol. The minimum atomic E-state index is 0.260. The van der Waals surface area contributed by atoms with E-state index >= 15 is 0 Å². The van der Waals surface area contributed by atoms with E-state index < -0.39 is 0 Å². The summed E-state index contributed by atoms with van der Waals surface area (Å²) < 4.78 is 0. The molecule has 3 heteroatoms. The summed E-state index contributed by atoms with van der Waals surface area (Å²) in [7, 11) is 0. The number of carbonyl (C=O) groups excluding carboxylic acids is 1. The lowest BCUT2D eigenvalue weighted by Crippen LogP contribution is -2.32. The normalized spacial score (nSPS) is 17.1.